The predicted molar refractivity (Wildman–Crippen MR) is 130 cm³/mol. The van der Waals surface area contributed by atoms with E-state index in [1.807, 2.05) is 35.2 Å². The summed E-state index contributed by atoms with van der Waals surface area (Å²) in [6, 6.07) is 12.7. The van der Waals surface area contributed by atoms with Crippen LogP contribution in [0.25, 0.3) is 5.69 Å². The van der Waals surface area contributed by atoms with Gasteiger partial charge in [0, 0.05) is 35.6 Å². The number of carbonyl (C=O) groups is 3. The number of hydrogen-bond acceptors (Lipinski definition) is 7. The Hall–Kier alpha value is -4.80. The molecule has 0 aliphatic carbocycles. The molecule has 1 unspecified atom stereocenters. The number of aromatic nitrogens is 5. The zero-order valence-electron chi connectivity index (χ0n) is 19.8. The van der Waals surface area contributed by atoms with Crippen molar-refractivity contribution in [1.29, 1.82) is 0 Å². The molecule has 2 aromatic carbocycles. The highest BCUT2D eigenvalue weighted by molar-refractivity contribution is 6.05. The van der Waals surface area contributed by atoms with Crippen molar-refractivity contribution in [3.05, 3.63) is 89.8 Å². The second-order valence-corrected chi connectivity index (χ2v) is 9.02. The second kappa shape index (κ2) is 9.34. The summed E-state index contributed by atoms with van der Waals surface area (Å²) in [7, 11) is 0. The molecule has 186 valence electrons. The molecule has 3 amide bonds. The van der Waals surface area contributed by atoms with E-state index in [9.17, 15) is 14.4 Å². The number of carbonyl (C=O) groups excluding carboxylic acids is 3. The molecule has 11 heteroatoms. The van der Waals surface area contributed by atoms with Gasteiger partial charge in [-0.3, -0.25) is 19.7 Å². The molecule has 6 rings (SSSR count). The van der Waals surface area contributed by atoms with E-state index in [0.717, 1.165) is 16.8 Å². The lowest BCUT2D eigenvalue weighted by Crippen LogP contribution is -2.52. The first-order valence-corrected chi connectivity index (χ1v) is 11.9. The van der Waals surface area contributed by atoms with Gasteiger partial charge < -0.3 is 14.2 Å². The van der Waals surface area contributed by atoms with Crippen LogP contribution in [-0.4, -0.2) is 53.2 Å². The van der Waals surface area contributed by atoms with Gasteiger partial charge in [0.15, 0.2) is 0 Å². The number of benzene rings is 2. The van der Waals surface area contributed by atoms with Crippen LogP contribution >= 0.6 is 0 Å². The minimum atomic E-state index is -0.669. The van der Waals surface area contributed by atoms with E-state index < -0.39 is 11.9 Å². The number of nitrogens with one attached hydrogen (secondary N) is 1. The Labute approximate surface area is 211 Å². The normalized spacial score (nSPS) is 17.1. The maximum absolute atomic E-state index is 13.0. The lowest BCUT2D eigenvalue weighted by Gasteiger charge is -2.29. The Morgan fingerprint density at radius 2 is 2.00 bits per heavy atom. The quantitative estimate of drug-likeness (QED) is 0.387. The smallest absolute Gasteiger partial charge is 0.255 e. The first-order chi connectivity index (χ1) is 18.0. The van der Waals surface area contributed by atoms with Gasteiger partial charge in [-0.1, -0.05) is 23.4 Å². The summed E-state index contributed by atoms with van der Waals surface area (Å²) in [4.78, 5) is 42.4. The molecule has 4 aromatic rings. The average molecular weight is 498 g/mol. The Morgan fingerprint density at radius 3 is 2.84 bits per heavy atom. The van der Waals surface area contributed by atoms with Crippen LogP contribution in [-0.2, 0) is 29.3 Å². The highest BCUT2D eigenvalue weighted by Crippen LogP contribution is 2.33. The van der Waals surface area contributed by atoms with Gasteiger partial charge in [0.1, 0.15) is 24.1 Å². The molecule has 0 radical (unpaired) electrons. The summed E-state index contributed by atoms with van der Waals surface area (Å²) in [5, 5.41) is 10.8. The fourth-order valence-electron chi connectivity index (χ4n) is 4.74. The van der Waals surface area contributed by atoms with E-state index in [4.69, 9.17) is 4.74 Å². The van der Waals surface area contributed by atoms with Gasteiger partial charge >= 0.3 is 0 Å². The molecule has 0 saturated carbocycles. The van der Waals surface area contributed by atoms with Crippen molar-refractivity contribution >= 4 is 17.7 Å². The maximum Gasteiger partial charge on any atom is 0.255 e. The summed E-state index contributed by atoms with van der Waals surface area (Å²) >= 11 is 0. The molecule has 37 heavy (non-hydrogen) atoms. The number of ether oxygens (including phenoxy) is 1. The third kappa shape index (κ3) is 4.46. The highest BCUT2D eigenvalue weighted by Gasteiger charge is 2.40. The Balaban J connectivity index is 1.12. The van der Waals surface area contributed by atoms with E-state index in [-0.39, 0.29) is 31.4 Å². The molecule has 0 spiro atoms. The third-order valence-electron chi connectivity index (χ3n) is 6.56. The number of rotatable bonds is 7. The van der Waals surface area contributed by atoms with Crippen molar-refractivity contribution in [2.45, 2.75) is 38.6 Å². The van der Waals surface area contributed by atoms with E-state index in [1.165, 1.54) is 4.90 Å². The van der Waals surface area contributed by atoms with Gasteiger partial charge in [0.25, 0.3) is 5.91 Å². The molecule has 11 nitrogen and oxygen atoms in total. The van der Waals surface area contributed by atoms with E-state index >= 15 is 0 Å². The predicted octanol–water partition coefficient (Wildman–Crippen LogP) is 1.85. The number of imidazole rings is 1. The molecule has 2 aliphatic heterocycles. The standard InChI is InChI=1S/C26H23N7O4/c34-24-8-7-22(25(35)28-24)33-14-21-20(26(33)36)5-2-6-23(21)37-15-18-13-32(30-29-18)12-17-3-1-4-19(11-17)31-10-9-27-16-31/h1-6,9-11,13,16,22H,7-8,12,14-15H2,(H,28,34,35). The van der Waals surface area contributed by atoms with Crippen molar-refractivity contribution in [1.82, 2.24) is 34.8 Å². The van der Waals surface area contributed by atoms with E-state index in [1.54, 1.807) is 35.4 Å². The summed E-state index contributed by atoms with van der Waals surface area (Å²) in [5.74, 6) is -0.428. The lowest BCUT2D eigenvalue weighted by molar-refractivity contribution is -0.136. The van der Waals surface area contributed by atoms with Crippen molar-refractivity contribution < 1.29 is 19.1 Å². The third-order valence-corrected chi connectivity index (χ3v) is 6.56. The Morgan fingerprint density at radius 1 is 1.11 bits per heavy atom. The second-order valence-electron chi connectivity index (χ2n) is 9.02. The van der Waals surface area contributed by atoms with E-state index in [0.29, 0.717) is 30.0 Å². The lowest BCUT2D eigenvalue weighted by atomic mass is 10.0. The summed E-state index contributed by atoms with van der Waals surface area (Å²) in [6.45, 7) is 0.973. The molecule has 1 N–H and O–H groups in total. The van der Waals surface area contributed by atoms with Crippen molar-refractivity contribution in [2.24, 2.45) is 0 Å². The minimum Gasteiger partial charge on any atom is -0.487 e. The maximum atomic E-state index is 13.0. The zero-order chi connectivity index (χ0) is 25.4. The van der Waals surface area contributed by atoms with Gasteiger partial charge in [-0.15, -0.1) is 5.10 Å². The summed E-state index contributed by atoms with van der Waals surface area (Å²) in [5.41, 5.74) is 3.95. The van der Waals surface area contributed by atoms with Crippen LogP contribution in [0.5, 0.6) is 5.75 Å². The first-order valence-electron chi connectivity index (χ1n) is 11.9. The minimum absolute atomic E-state index is 0.179. The number of imide groups is 1. The van der Waals surface area contributed by atoms with Crippen molar-refractivity contribution in [2.75, 3.05) is 0 Å². The number of fused-ring (bicyclic) bond motifs is 1. The zero-order valence-corrected chi connectivity index (χ0v) is 19.8. The van der Waals surface area contributed by atoms with Gasteiger partial charge in [0.05, 0.1) is 25.6 Å². The van der Waals surface area contributed by atoms with Gasteiger partial charge in [0.2, 0.25) is 11.8 Å². The fraction of sp³-hybridized carbons (Fsp3) is 0.231. The van der Waals surface area contributed by atoms with Gasteiger partial charge in [-0.25, -0.2) is 9.67 Å². The number of nitrogens with zero attached hydrogens (tertiary/aromatic N) is 6. The largest absolute Gasteiger partial charge is 0.487 e. The molecule has 2 aromatic heterocycles. The molecule has 2 aliphatic rings. The van der Waals surface area contributed by atoms with Crippen LogP contribution in [0.15, 0.2) is 67.4 Å². The van der Waals surface area contributed by atoms with E-state index in [2.05, 4.69) is 26.7 Å². The van der Waals surface area contributed by atoms with Crippen LogP contribution in [0.2, 0.25) is 0 Å². The highest BCUT2D eigenvalue weighted by atomic mass is 16.5. The molecule has 1 atom stereocenters. The van der Waals surface area contributed by atoms with Gasteiger partial charge in [-0.05, 0) is 36.2 Å². The number of piperidine rings is 1. The van der Waals surface area contributed by atoms with Gasteiger partial charge in [-0.2, -0.15) is 0 Å². The van der Waals surface area contributed by atoms with Crippen molar-refractivity contribution in [3.8, 4) is 11.4 Å². The number of hydrogen-bond donors (Lipinski definition) is 1. The average Bonchev–Trinajstić information content (AvgIpc) is 3.65. The molecular weight excluding hydrogens is 474 g/mol. The summed E-state index contributed by atoms with van der Waals surface area (Å²) in [6.07, 6.45) is 7.73. The monoisotopic (exact) mass is 497 g/mol. The Bertz CT molecular complexity index is 1490. The number of amides is 3. The molecule has 1 saturated heterocycles. The SMILES string of the molecule is O=C1CCC(N2Cc3c(OCc4cn(Cc5cccc(-n6ccnc6)c5)nn4)cccc3C2=O)C(=O)N1. The Kier molecular flexibility index (Phi) is 5.72. The molecule has 0 bridgehead atoms. The van der Waals surface area contributed by atoms with Crippen LogP contribution in [0.4, 0.5) is 0 Å². The van der Waals surface area contributed by atoms with Crippen LogP contribution in [0, 0.1) is 0 Å². The molecular formula is C26H23N7O4. The molecule has 4 heterocycles. The fourth-order valence-corrected chi connectivity index (χ4v) is 4.74. The van der Waals surface area contributed by atoms with Crippen LogP contribution in [0.3, 0.4) is 0 Å². The molecule has 1 fully saturated rings. The topological polar surface area (TPSA) is 124 Å². The van der Waals surface area contributed by atoms with Crippen LogP contribution < -0.4 is 10.1 Å². The van der Waals surface area contributed by atoms with Crippen LogP contribution in [0.1, 0.15) is 40.0 Å². The van der Waals surface area contributed by atoms with Crippen molar-refractivity contribution in [3.63, 3.8) is 0 Å². The first kappa shape index (κ1) is 22.7. The summed E-state index contributed by atoms with van der Waals surface area (Å²) < 4.78 is 9.72.